The third-order valence-electron chi connectivity index (χ3n) is 3.29. The summed E-state index contributed by atoms with van der Waals surface area (Å²) in [7, 11) is 3.44. The third-order valence-corrected chi connectivity index (χ3v) is 4.25. The lowest BCUT2D eigenvalue weighted by molar-refractivity contribution is 0.0832. The van der Waals surface area contributed by atoms with Crippen molar-refractivity contribution in [2.75, 3.05) is 14.1 Å². The van der Waals surface area contributed by atoms with E-state index in [-0.39, 0.29) is 11.9 Å². The first kappa shape index (κ1) is 14.2. The van der Waals surface area contributed by atoms with E-state index >= 15 is 0 Å². The second-order valence-corrected chi connectivity index (χ2v) is 6.52. The van der Waals surface area contributed by atoms with E-state index in [9.17, 15) is 4.79 Å². The molecule has 3 rings (SSSR count). The van der Waals surface area contributed by atoms with Gasteiger partial charge in [0.15, 0.2) is 11.6 Å². The molecule has 0 aliphatic heterocycles. The van der Waals surface area contributed by atoms with Crippen molar-refractivity contribution in [3.63, 3.8) is 0 Å². The normalized spacial score (nSPS) is 16.0. The van der Waals surface area contributed by atoms with E-state index < -0.39 is 0 Å². The molecule has 2 N–H and O–H groups in total. The number of thiazole rings is 1. The second-order valence-electron chi connectivity index (χ2n) is 5.51. The fourth-order valence-corrected chi connectivity index (χ4v) is 2.87. The minimum atomic E-state index is -0.234. The lowest BCUT2D eigenvalue weighted by Crippen LogP contribution is -2.20. The molecule has 2 aromatic rings. The van der Waals surface area contributed by atoms with Gasteiger partial charge in [-0.1, -0.05) is 11.3 Å². The van der Waals surface area contributed by atoms with Crippen molar-refractivity contribution in [1.29, 1.82) is 0 Å². The smallest absolute Gasteiger partial charge is 0.265 e. The van der Waals surface area contributed by atoms with Crippen molar-refractivity contribution in [2.24, 2.45) is 5.73 Å². The zero-order chi connectivity index (χ0) is 15.1. The first-order chi connectivity index (χ1) is 9.97. The van der Waals surface area contributed by atoms with E-state index in [4.69, 9.17) is 5.73 Å². The number of carbonyl (C=O) groups is 1. The highest BCUT2D eigenvalue weighted by Crippen LogP contribution is 2.38. The minimum Gasteiger partial charge on any atom is -0.344 e. The van der Waals surface area contributed by atoms with Crippen molar-refractivity contribution in [2.45, 2.75) is 31.7 Å². The first-order valence-corrected chi connectivity index (χ1v) is 7.69. The predicted molar refractivity (Wildman–Crippen MR) is 79.6 cm³/mol. The Morgan fingerprint density at radius 3 is 2.81 bits per heavy atom. The van der Waals surface area contributed by atoms with Gasteiger partial charge < -0.3 is 10.6 Å². The Morgan fingerprint density at radius 1 is 1.52 bits per heavy atom. The van der Waals surface area contributed by atoms with Crippen LogP contribution in [0.5, 0.6) is 0 Å². The summed E-state index contributed by atoms with van der Waals surface area (Å²) in [6.07, 6.45) is 3.83. The van der Waals surface area contributed by atoms with Crippen LogP contribution in [0.1, 0.15) is 53.0 Å². The molecular weight excluding hydrogens is 288 g/mol. The van der Waals surface area contributed by atoms with Crippen LogP contribution in [0.15, 0.2) is 6.20 Å². The zero-order valence-corrected chi connectivity index (χ0v) is 13.1. The molecule has 1 saturated carbocycles. The largest absolute Gasteiger partial charge is 0.344 e. The van der Waals surface area contributed by atoms with E-state index in [1.807, 2.05) is 6.92 Å². The van der Waals surface area contributed by atoms with Gasteiger partial charge in [-0.05, 0) is 19.8 Å². The van der Waals surface area contributed by atoms with Crippen LogP contribution in [0.4, 0.5) is 0 Å². The molecule has 21 heavy (non-hydrogen) atoms. The maximum atomic E-state index is 12.0. The highest BCUT2D eigenvalue weighted by Gasteiger charge is 2.30. The highest BCUT2D eigenvalue weighted by atomic mass is 32.1. The van der Waals surface area contributed by atoms with Gasteiger partial charge in [0, 0.05) is 20.0 Å². The summed E-state index contributed by atoms with van der Waals surface area (Å²) in [5.41, 5.74) is 5.98. The molecule has 1 aliphatic carbocycles. The van der Waals surface area contributed by atoms with Gasteiger partial charge in [-0.2, -0.15) is 4.68 Å². The molecule has 2 heterocycles. The summed E-state index contributed by atoms with van der Waals surface area (Å²) < 4.78 is 1.68. The summed E-state index contributed by atoms with van der Waals surface area (Å²) in [6.45, 7) is 1.87. The van der Waals surface area contributed by atoms with Crippen LogP contribution < -0.4 is 5.73 Å². The van der Waals surface area contributed by atoms with Gasteiger partial charge in [-0.15, -0.1) is 5.10 Å². The van der Waals surface area contributed by atoms with Crippen molar-refractivity contribution in [1.82, 2.24) is 24.6 Å². The van der Waals surface area contributed by atoms with Crippen molar-refractivity contribution in [3.05, 3.63) is 22.7 Å². The van der Waals surface area contributed by atoms with Crippen molar-refractivity contribution < 1.29 is 4.79 Å². The van der Waals surface area contributed by atoms with Crippen LogP contribution >= 0.6 is 11.3 Å². The van der Waals surface area contributed by atoms with Crippen LogP contribution in [-0.4, -0.2) is 44.7 Å². The fourth-order valence-electron chi connectivity index (χ4n) is 1.97. The fraction of sp³-hybridized carbons (Fsp3) is 0.538. The summed E-state index contributed by atoms with van der Waals surface area (Å²) in [5.74, 6) is 1.91. The molecule has 1 fully saturated rings. The lowest BCUT2D eigenvalue weighted by atomic mass is 10.3. The minimum absolute atomic E-state index is 0.0661. The number of nitrogens with two attached hydrogens (primary N) is 1. The summed E-state index contributed by atoms with van der Waals surface area (Å²) in [6, 6.07) is -0.234. The topological polar surface area (TPSA) is 89.9 Å². The Bertz CT molecular complexity index is 670. The molecule has 0 aromatic carbocycles. The first-order valence-electron chi connectivity index (χ1n) is 6.87. The Labute approximate surface area is 126 Å². The molecule has 112 valence electrons. The Balaban J connectivity index is 1.97. The van der Waals surface area contributed by atoms with Gasteiger partial charge in [-0.3, -0.25) is 4.79 Å². The number of hydrogen-bond acceptors (Lipinski definition) is 6. The number of amides is 1. The molecule has 0 spiro atoms. The van der Waals surface area contributed by atoms with Gasteiger partial charge in [0.25, 0.3) is 5.91 Å². The van der Waals surface area contributed by atoms with Crippen LogP contribution in [0.3, 0.4) is 0 Å². The van der Waals surface area contributed by atoms with Gasteiger partial charge in [-0.25, -0.2) is 9.97 Å². The number of rotatable bonds is 4. The number of hydrogen-bond donors (Lipinski definition) is 1. The molecule has 1 amide bonds. The van der Waals surface area contributed by atoms with Crippen LogP contribution in [0.2, 0.25) is 0 Å². The maximum Gasteiger partial charge on any atom is 0.265 e. The standard InChI is InChI=1S/C13H18N6OS/c1-7(14)11-16-10(8-4-5-8)17-19(11)13-15-6-9(21-13)12(20)18(2)3/h6-8H,4-5,14H2,1-3H3/t7-/m0/s1. The molecule has 1 aliphatic rings. The van der Waals surface area contributed by atoms with E-state index in [0.717, 1.165) is 18.7 Å². The summed E-state index contributed by atoms with van der Waals surface area (Å²) >= 11 is 1.30. The SMILES string of the molecule is C[C@H](N)c1nc(C2CC2)nn1-c1ncc(C(=O)N(C)C)s1. The Morgan fingerprint density at radius 2 is 2.24 bits per heavy atom. The van der Waals surface area contributed by atoms with Crippen molar-refractivity contribution >= 4 is 17.2 Å². The highest BCUT2D eigenvalue weighted by molar-refractivity contribution is 7.16. The summed E-state index contributed by atoms with van der Waals surface area (Å²) in [4.78, 5) is 22.9. The van der Waals surface area contributed by atoms with E-state index in [0.29, 0.717) is 21.8 Å². The van der Waals surface area contributed by atoms with Crippen LogP contribution in [0.25, 0.3) is 5.13 Å². The molecular formula is C13H18N6OS. The third kappa shape index (κ3) is 2.68. The lowest BCUT2D eigenvalue weighted by Gasteiger charge is -2.07. The molecule has 1 atom stereocenters. The average molecular weight is 306 g/mol. The van der Waals surface area contributed by atoms with E-state index in [1.165, 1.54) is 16.2 Å². The number of carbonyl (C=O) groups excluding carboxylic acids is 1. The maximum absolute atomic E-state index is 12.0. The molecule has 2 aromatic heterocycles. The van der Waals surface area contributed by atoms with Gasteiger partial charge in [0.05, 0.1) is 12.2 Å². The van der Waals surface area contributed by atoms with Crippen LogP contribution in [0, 0.1) is 0 Å². The zero-order valence-electron chi connectivity index (χ0n) is 12.3. The Kier molecular flexibility index (Phi) is 3.50. The summed E-state index contributed by atoms with van der Waals surface area (Å²) in [5, 5.41) is 5.16. The van der Waals surface area contributed by atoms with E-state index in [2.05, 4.69) is 15.1 Å². The predicted octanol–water partition coefficient (Wildman–Crippen LogP) is 1.32. The molecule has 8 heteroatoms. The van der Waals surface area contributed by atoms with Crippen LogP contribution in [-0.2, 0) is 0 Å². The average Bonchev–Trinajstić information content (AvgIpc) is 3.02. The van der Waals surface area contributed by atoms with E-state index in [1.54, 1.807) is 25.0 Å². The molecule has 0 unspecified atom stereocenters. The van der Waals surface area contributed by atoms with Crippen molar-refractivity contribution in [3.8, 4) is 5.13 Å². The molecule has 0 bridgehead atoms. The van der Waals surface area contributed by atoms with Gasteiger partial charge >= 0.3 is 0 Å². The monoisotopic (exact) mass is 306 g/mol. The van der Waals surface area contributed by atoms with Gasteiger partial charge in [0.1, 0.15) is 4.88 Å². The number of nitrogens with zero attached hydrogens (tertiary/aromatic N) is 5. The Hall–Kier alpha value is -1.80. The quantitative estimate of drug-likeness (QED) is 0.920. The number of aromatic nitrogens is 4. The molecule has 0 saturated heterocycles. The second kappa shape index (κ2) is 5.19. The molecule has 0 radical (unpaired) electrons. The van der Waals surface area contributed by atoms with Gasteiger partial charge in [0.2, 0.25) is 5.13 Å². The molecule has 7 nitrogen and oxygen atoms in total.